The van der Waals surface area contributed by atoms with Crippen LogP contribution in [0.3, 0.4) is 0 Å². The highest BCUT2D eigenvalue weighted by atomic mass is 79.9. The maximum atomic E-state index is 10.5. The monoisotopic (exact) mass is 473 g/mol. The van der Waals surface area contributed by atoms with E-state index in [0.29, 0.717) is 24.7 Å². The van der Waals surface area contributed by atoms with Crippen LogP contribution in [0.25, 0.3) is 0 Å². The van der Waals surface area contributed by atoms with E-state index < -0.39 is 6.09 Å². The number of nitrogens with zero attached hydrogens (tertiary/aromatic N) is 1. The lowest BCUT2D eigenvalue weighted by molar-refractivity contribution is -0.914. The quantitative estimate of drug-likeness (QED) is 0.380. The summed E-state index contributed by atoms with van der Waals surface area (Å²) in [5.74, 6) is 0.553. The number of carbonyl (C=O) groups excluding carboxylic acids is 1. The number of halogens is 1. The van der Waals surface area contributed by atoms with Gasteiger partial charge in [0.15, 0.2) is 0 Å². The minimum Gasteiger partial charge on any atom is -1.00 e. The second-order valence-electron chi connectivity index (χ2n) is 7.75. The van der Waals surface area contributed by atoms with Gasteiger partial charge < -0.3 is 46.5 Å². The third kappa shape index (κ3) is 12.8. The highest BCUT2D eigenvalue weighted by molar-refractivity contribution is 5.83. The van der Waals surface area contributed by atoms with E-state index in [4.69, 9.17) is 9.84 Å². The van der Waals surface area contributed by atoms with Crippen molar-refractivity contribution in [1.29, 1.82) is 0 Å². The van der Waals surface area contributed by atoms with E-state index in [9.17, 15) is 9.90 Å². The topological polar surface area (TPSA) is 81.6 Å². The number of amides is 1. The van der Waals surface area contributed by atoms with Crippen molar-refractivity contribution in [3.8, 4) is 5.75 Å². The Kier molecular flexibility index (Phi) is 15.7. The van der Waals surface area contributed by atoms with Crippen molar-refractivity contribution in [2.75, 3.05) is 45.2 Å². The van der Waals surface area contributed by atoms with E-state index in [0.717, 1.165) is 23.9 Å². The molecule has 0 bridgehead atoms. The summed E-state index contributed by atoms with van der Waals surface area (Å²) in [4.78, 5) is 10.5. The fourth-order valence-corrected chi connectivity index (χ4v) is 3.43. The number of rotatable bonds is 10. The minimum atomic E-state index is -1.33. The van der Waals surface area contributed by atoms with Gasteiger partial charge in [0.2, 0.25) is 0 Å². The lowest BCUT2D eigenvalue weighted by Gasteiger charge is -2.37. The lowest BCUT2D eigenvalue weighted by Crippen LogP contribution is -3.00. The van der Waals surface area contributed by atoms with Crippen molar-refractivity contribution in [3.63, 3.8) is 0 Å². The van der Waals surface area contributed by atoms with Crippen LogP contribution < -0.4 is 32.1 Å². The Morgan fingerprint density at radius 1 is 1.14 bits per heavy atom. The molecule has 0 aliphatic carbocycles. The number of aliphatic hydroxyl groups is 1. The van der Waals surface area contributed by atoms with Gasteiger partial charge >= 0.3 is 0 Å². The van der Waals surface area contributed by atoms with Crippen molar-refractivity contribution in [3.05, 3.63) is 24.3 Å². The SMILES string of the molecule is CCCCCCCOc1ccccc1NC(=O)[O-].C[N+]1(CCO)CCCCC1.[Br-]. The van der Waals surface area contributed by atoms with E-state index in [-0.39, 0.29) is 17.0 Å². The van der Waals surface area contributed by atoms with E-state index in [2.05, 4.69) is 19.3 Å². The summed E-state index contributed by atoms with van der Waals surface area (Å²) in [6.45, 7) is 6.60. The summed E-state index contributed by atoms with van der Waals surface area (Å²) < 4.78 is 6.66. The van der Waals surface area contributed by atoms with Gasteiger partial charge in [0.25, 0.3) is 0 Å². The van der Waals surface area contributed by atoms with Gasteiger partial charge in [-0.1, -0.05) is 44.7 Å². The summed E-state index contributed by atoms with van der Waals surface area (Å²) in [5, 5.41) is 21.5. The Morgan fingerprint density at radius 3 is 2.41 bits per heavy atom. The molecule has 0 spiro atoms. The Labute approximate surface area is 186 Å². The van der Waals surface area contributed by atoms with E-state index >= 15 is 0 Å². The molecule has 1 aromatic carbocycles. The number of anilines is 1. The zero-order chi connectivity index (χ0) is 20.7. The van der Waals surface area contributed by atoms with E-state index in [1.165, 1.54) is 51.6 Å². The summed E-state index contributed by atoms with van der Waals surface area (Å²) in [7, 11) is 2.25. The van der Waals surface area contributed by atoms with Crippen molar-refractivity contribution >= 4 is 11.8 Å². The highest BCUT2D eigenvalue weighted by Gasteiger charge is 2.23. The average molecular weight is 474 g/mol. The van der Waals surface area contributed by atoms with E-state index in [1.807, 2.05) is 6.07 Å². The molecular formula is C22H38BrN2O4-. The minimum absolute atomic E-state index is 0. The van der Waals surface area contributed by atoms with Crippen LogP contribution in [0.2, 0.25) is 0 Å². The van der Waals surface area contributed by atoms with Gasteiger partial charge in [-0.3, -0.25) is 0 Å². The second-order valence-corrected chi connectivity index (χ2v) is 7.75. The Balaban J connectivity index is 0.000000606. The number of likely N-dealkylation sites (N-methyl/N-ethyl adjacent to an activating group) is 1. The molecule has 29 heavy (non-hydrogen) atoms. The van der Waals surface area contributed by atoms with Crippen LogP contribution in [-0.2, 0) is 0 Å². The van der Waals surface area contributed by atoms with Crippen LogP contribution in [0.1, 0.15) is 58.3 Å². The number of carbonyl (C=O) groups is 1. The lowest BCUT2D eigenvalue weighted by atomic mass is 10.1. The van der Waals surface area contributed by atoms with Gasteiger partial charge in [0.1, 0.15) is 18.4 Å². The van der Waals surface area contributed by atoms with Crippen LogP contribution in [0.5, 0.6) is 5.75 Å². The number of nitrogens with one attached hydrogen (secondary N) is 1. The first-order chi connectivity index (χ1) is 13.5. The zero-order valence-electron chi connectivity index (χ0n) is 18.0. The number of aliphatic hydroxyl groups excluding tert-OH is 1. The number of para-hydroxylation sites is 2. The number of hydrogen-bond donors (Lipinski definition) is 2. The molecule has 0 unspecified atom stereocenters. The van der Waals surface area contributed by atoms with Gasteiger partial charge in [-0.15, -0.1) is 0 Å². The molecule has 1 aliphatic rings. The molecule has 1 amide bonds. The predicted octanol–water partition coefficient (Wildman–Crippen LogP) is 0.404. The molecule has 0 saturated carbocycles. The molecular weight excluding hydrogens is 436 g/mol. The molecule has 1 heterocycles. The zero-order valence-corrected chi connectivity index (χ0v) is 19.6. The number of carboxylic acid groups (broad SMARTS) is 1. The van der Waals surface area contributed by atoms with Crippen molar-refractivity contribution in [2.24, 2.45) is 0 Å². The summed E-state index contributed by atoms with van der Waals surface area (Å²) in [6.07, 6.45) is 8.57. The van der Waals surface area contributed by atoms with Gasteiger partial charge in [-0.2, -0.15) is 0 Å². The van der Waals surface area contributed by atoms with Crippen molar-refractivity contribution < 1.29 is 41.2 Å². The first-order valence-electron chi connectivity index (χ1n) is 10.6. The molecule has 2 rings (SSSR count). The Bertz CT molecular complexity index is 546. The highest BCUT2D eigenvalue weighted by Crippen LogP contribution is 2.23. The van der Waals surface area contributed by atoms with Crippen LogP contribution in [0.15, 0.2) is 24.3 Å². The third-order valence-electron chi connectivity index (χ3n) is 5.16. The number of quaternary nitrogens is 1. The van der Waals surface area contributed by atoms with Gasteiger partial charge in [0.05, 0.1) is 39.0 Å². The molecule has 0 aromatic heterocycles. The molecule has 168 valence electrons. The molecule has 0 atom stereocenters. The fraction of sp³-hybridized carbons (Fsp3) is 0.682. The van der Waals surface area contributed by atoms with Gasteiger partial charge in [0, 0.05) is 0 Å². The Hall–Kier alpha value is -1.31. The number of unbranched alkanes of at least 4 members (excludes halogenated alkanes) is 4. The van der Waals surface area contributed by atoms with Crippen molar-refractivity contribution in [1.82, 2.24) is 0 Å². The standard InChI is InChI=1S/C14H21NO3.C8H18NO.BrH/c1-2-3-4-5-8-11-18-13-10-7-6-9-12(13)15-14(16)17;1-9(7-8-10)5-3-2-4-6-9;/h6-7,9-10,15H,2-5,8,11H2,1H3,(H,16,17);10H,2-8H2,1H3;1H/q;+1;/p-2. The molecule has 2 N–H and O–H groups in total. The molecule has 7 heteroatoms. The van der Waals surface area contributed by atoms with Crippen LogP contribution in [0.4, 0.5) is 10.5 Å². The maximum absolute atomic E-state index is 10.5. The molecule has 6 nitrogen and oxygen atoms in total. The van der Waals surface area contributed by atoms with Crippen LogP contribution in [-0.4, -0.2) is 55.6 Å². The number of hydrogen-bond acceptors (Lipinski definition) is 4. The third-order valence-corrected chi connectivity index (χ3v) is 5.16. The first-order valence-corrected chi connectivity index (χ1v) is 10.6. The Morgan fingerprint density at radius 2 is 1.79 bits per heavy atom. The van der Waals surface area contributed by atoms with Gasteiger partial charge in [-0.05, 0) is 37.8 Å². The molecule has 1 aliphatic heterocycles. The smallest absolute Gasteiger partial charge is 0.142 e. The molecule has 0 radical (unpaired) electrons. The molecule has 1 saturated heterocycles. The van der Waals surface area contributed by atoms with Crippen molar-refractivity contribution in [2.45, 2.75) is 58.3 Å². The average Bonchev–Trinajstić information content (AvgIpc) is 2.66. The summed E-state index contributed by atoms with van der Waals surface area (Å²) in [5.41, 5.74) is 0.436. The molecule has 1 fully saturated rings. The first kappa shape index (κ1) is 27.7. The number of piperidine rings is 1. The number of likely N-dealkylation sites (tertiary alicyclic amines) is 1. The largest absolute Gasteiger partial charge is 1.00 e. The normalized spacial score (nSPS) is 14.7. The fourth-order valence-electron chi connectivity index (χ4n) is 3.43. The van der Waals surface area contributed by atoms with Gasteiger partial charge in [-0.25, -0.2) is 0 Å². The van der Waals surface area contributed by atoms with Crippen LogP contribution in [0, 0.1) is 0 Å². The number of benzene rings is 1. The number of ether oxygens (including phenoxy) is 1. The summed E-state index contributed by atoms with van der Waals surface area (Å²) in [6, 6.07) is 6.96. The molecule has 1 aromatic rings. The second kappa shape index (κ2) is 16.5. The summed E-state index contributed by atoms with van der Waals surface area (Å²) >= 11 is 0. The van der Waals surface area contributed by atoms with E-state index in [1.54, 1.807) is 18.2 Å². The predicted molar refractivity (Wildman–Crippen MR) is 111 cm³/mol. The van der Waals surface area contributed by atoms with Crippen LogP contribution >= 0.6 is 0 Å². The maximum Gasteiger partial charge on any atom is 0.142 e.